The van der Waals surface area contributed by atoms with Crippen molar-refractivity contribution in [3.05, 3.63) is 0 Å². The second-order valence-corrected chi connectivity index (χ2v) is 10.3. The molecule has 0 radical (unpaired) electrons. The van der Waals surface area contributed by atoms with Gasteiger partial charge >= 0.3 is 11.9 Å². The van der Waals surface area contributed by atoms with Crippen LogP contribution in [-0.4, -0.2) is 59.3 Å². The topological polar surface area (TPSA) is 131 Å². The Bertz CT molecular complexity index is 631. The Hall–Kier alpha value is -1.48. The number of esters is 2. The van der Waals surface area contributed by atoms with E-state index in [0.717, 1.165) is 0 Å². The minimum absolute atomic E-state index is 0.110. The molecule has 0 spiro atoms. The van der Waals surface area contributed by atoms with Gasteiger partial charge in [-0.2, -0.15) is 0 Å². The molecule has 1 aliphatic rings. The largest absolute Gasteiger partial charge is 0.462 e. The summed E-state index contributed by atoms with van der Waals surface area (Å²) in [5, 5.41) is 12.7. The molecule has 0 aromatic heterocycles. The van der Waals surface area contributed by atoms with Crippen molar-refractivity contribution in [3.63, 3.8) is 0 Å². The maximum atomic E-state index is 13.5. The lowest BCUT2D eigenvalue weighted by Gasteiger charge is -2.33. The highest BCUT2D eigenvalue weighted by Crippen LogP contribution is 2.51. The molecule has 0 aromatic carbocycles. The van der Waals surface area contributed by atoms with Crippen LogP contribution in [0.3, 0.4) is 0 Å². The van der Waals surface area contributed by atoms with Crippen molar-refractivity contribution < 1.29 is 38.2 Å². The summed E-state index contributed by atoms with van der Waals surface area (Å²) in [5.74, 6) is -2.03. The molecule has 0 aliphatic carbocycles. The second kappa shape index (κ2) is 9.82. The molecule has 0 aromatic rings. The Labute approximate surface area is 165 Å². The van der Waals surface area contributed by atoms with E-state index < -0.39 is 49.3 Å². The summed E-state index contributed by atoms with van der Waals surface area (Å²) < 4.78 is 28.8. The van der Waals surface area contributed by atoms with Gasteiger partial charge in [0.15, 0.2) is 6.79 Å². The predicted molar refractivity (Wildman–Crippen MR) is 99.5 cm³/mol. The number of carbonyl (C=O) groups is 3. The van der Waals surface area contributed by atoms with Gasteiger partial charge in [-0.3, -0.25) is 28.7 Å². The molecule has 1 saturated heterocycles. The average Bonchev–Trinajstić information content (AvgIpc) is 2.55. The Kier molecular flexibility index (Phi) is 8.62. The molecule has 1 amide bonds. The third kappa shape index (κ3) is 6.84. The summed E-state index contributed by atoms with van der Waals surface area (Å²) in [7, 11) is -4.03. The molecule has 11 heteroatoms. The van der Waals surface area contributed by atoms with Crippen LogP contribution in [0.4, 0.5) is 0 Å². The van der Waals surface area contributed by atoms with Gasteiger partial charge in [0.2, 0.25) is 0 Å². The Morgan fingerprint density at radius 2 is 1.93 bits per heavy atom. The standard InChI is InChI=1S/C17H31N2O8P/c1-11(2)27-15(21)12(3)18-28(24,13-8-7-9-19(23)14(13)20)26-10-25-16(22)17(4,5)6/h11-13,23H,7-10H2,1-6H3,(H,18,24)/t12-,13?,28?/m0/s1. The number of amides is 1. The molecule has 3 atom stereocenters. The van der Waals surface area contributed by atoms with Gasteiger partial charge < -0.3 is 9.47 Å². The van der Waals surface area contributed by atoms with E-state index in [0.29, 0.717) is 11.5 Å². The molecule has 2 unspecified atom stereocenters. The fourth-order valence-corrected chi connectivity index (χ4v) is 4.64. The van der Waals surface area contributed by atoms with Crippen molar-refractivity contribution in [1.82, 2.24) is 10.2 Å². The first-order chi connectivity index (χ1) is 12.8. The predicted octanol–water partition coefficient (Wildman–Crippen LogP) is 2.05. The van der Waals surface area contributed by atoms with E-state index in [9.17, 15) is 24.2 Å². The number of hydrogen-bond donors (Lipinski definition) is 2. The van der Waals surface area contributed by atoms with E-state index in [-0.39, 0.29) is 19.1 Å². The lowest BCUT2D eigenvalue weighted by molar-refractivity contribution is -0.169. The van der Waals surface area contributed by atoms with E-state index >= 15 is 0 Å². The van der Waals surface area contributed by atoms with Crippen LogP contribution in [-0.2, 0) is 32.9 Å². The number of rotatable bonds is 8. The fraction of sp³-hybridized carbons (Fsp3) is 0.824. The number of nitrogens with one attached hydrogen (secondary N) is 1. The highest BCUT2D eigenvalue weighted by atomic mass is 31.2. The lowest BCUT2D eigenvalue weighted by Crippen LogP contribution is -2.46. The molecule has 28 heavy (non-hydrogen) atoms. The fourth-order valence-electron chi connectivity index (χ4n) is 2.40. The quantitative estimate of drug-likeness (QED) is 0.261. The maximum Gasteiger partial charge on any atom is 0.323 e. The zero-order chi connectivity index (χ0) is 21.7. The van der Waals surface area contributed by atoms with Crippen LogP contribution in [0, 0.1) is 5.41 Å². The van der Waals surface area contributed by atoms with Crippen molar-refractivity contribution in [3.8, 4) is 0 Å². The van der Waals surface area contributed by atoms with Gasteiger partial charge in [0.05, 0.1) is 11.5 Å². The monoisotopic (exact) mass is 422 g/mol. The molecular weight excluding hydrogens is 391 g/mol. The smallest absolute Gasteiger partial charge is 0.323 e. The number of piperidine rings is 1. The Morgan fingerprint density at radius 1 is 1.32 bits per heavy atom. The van der Waals surface area contributed by atoms with Crippen molar-refractivity contribution in [2.45, 2.75) is 72.2 Å². The second-order valence-electron chi connectivity index (χ2n) is 7.98. The van der Waals surface area contributed by atoms with Crippen LogP contribution >= 0.6 is 7.52 Å². The van der Waals surface area contributed by atoms with Gasteiger partial charge in [-0.15, -0.1) is 0 Å². The van der Waals surface area contributed by atoms with Crippen LogP contribution in [0.25, 0.3) is 0 Å². The van der Waals surface area contributed by atoms with E-state index in [1.807, 2.05) is 0 Å². The first-order valence-electron chi connectivity index (χ1n) is 9.18. The van der Waals surface area contributed by atoms with E-state index in [1.165, 1.54) is 6.92 Å². The summed E-state index contributed by atoms with van der Waals surface area (Å²) in [6.07, 6.45) is 0.197. The third-order valence-electron chi connectivity index (χ3n) is 3.92. The molecule has 1 rings (SSSR count). The normalized spacial score (nSPS) is 21.2. The van der Waals surface area contributed by atoms with Crippen LogP contribution < -0.4 is 5.09 Å². The molecule has 2 N–H and O–H groups in total. The maximum absolute atomic E-state index is 13.5. The SMILES string of the molecule is CC(C)OC(=O)[C@H](C)NP(=O)(OCOC(=O)C(C)(C)C)C1CCCN(O)C1=O. The van der Waals surface area contributed by atoms with Gasteiger partial charge in [-0.05, 0) is 54.4 Å². The van der Waals surface area contributed by atoms with E-state index in [1.54, 1.807) is 34.6 Å². The molecule has 1 heterocycles. The first-order valence-corrected chi connectivity index (χ1v) is 10.9. The number of ether oxygens (including phenoxy) is 2. The Balaban J connectivity index is 2.96. The number of carbonyl (C=O) groups excluding carboxylic acids is 3. The molecule has 162 valence electrons. The molecule has 10 nitrogen and oxygen atoms in total. The van der Waals surface area contributed by atoms with Gasteiger partial charge in [0.25, 0.3) is 13.4 Å². The van der Waals surface area contributed by atoms with Crippen molar-refractivity contribution in [2.75, 3.05) is 13.3 Å². The molecule has 0 saturated carbocycles. The highest BCUT2D eigenvalue weighted by Gasteiger charge is 2.46. The summed E-state index contributed by atoms with van der Waals surface area (Å²) in [4.78, 5) is 36.3. The minimum atomic E-state index is -4.03. The summed E-state index contributed by atoms with van der Waals surface area (Å²) >= 11 is 0. The zero-order valence-corrected chi connectivity index (χ0v) is 18.2. The van der Waals surface area contributed by atoms with Crippen LogP contribution in [0.5, 0.6) is 0 Å². The van der Waals surface area contributed by atoms with Gasteiger partial charge in [-0.25, -0.2) is 10.2 Å². The van der Waals surface area contributed by atoms with Crippen LogP contribution in [0.2, 0.25) is 0 Å². The summed E-state index contributed by atoms with van der Waals surface area (Å²) in [5.41, 5.74) is -2.01. The average molecular weight is 422 g/mol. The Morgan fingerprint density at radius 3 is 2.46 bits per heavy atom. The number of hydroxylamine groups is 2. The first kappa shape index (κ1) is 24.6. The minimum Gasteiger partial charge on any atom is -0.462 e. The van der Waals surface area contributed by atoms with Crippen molar-refractivity contribution >= 4 is 25.4 Å². The van der Waals surface area contributed by atoms with E-state index in [4.69, 9.17) is 14.0 Å². The van der Waals surface area contributed by atoms with Gasteiger partial charge in [0.1, 0.15) is 11.7 Å². The summed E-state index contributed by atoms with van der Waals surface area (Å²) in [6.45, 7) is 9.14. The zero-order valence-electron chi connectivity index (χ0n) is 17.3. The summed E-state index contributed by atoms with van der Waals surface area (Å²) in [6, 6.07) is -1.05. The lowest BCUT2D eigenvalue weighted by atomic mass is 9.98. The molecule has 1 aliphatic heterocycles. The van der Waals surface area contributed by atoms with Crippen molar-refractivity contribution in [2.24, 2.45) is 5.41 Å². The van der Waals surface area contributed by atoms with Crippen LogP contribution in [0.1, 0.15) is 54.4 Å². The number of hydrogen-bond acceptors (Lipinski definition) is 8. The van der Waals surface area contributed by atoms with Gasteiger partial charge in [-0.1, -0.05) is 0 Å². The van der Waals surface area contributed by atoms with Crippen LogP contribution in [0.15, 0.2) is 0 Å². The van der Waals surface area contributed by atoms with Gasteiger partial charge in [0, 0.05) is 6.54 Å². The number of nitrogens with zero attached hydrogens (tertiary/aromatic N) is 1. The van der Waals surface area contributed by atoms with E-state index in [2.05, 4.69) is 5.09 Å². The molecular formula is C17H31N2O8P. The van der Waals surface area contributed by atoms with Crippen molar-refractivity contribution in [1.29, 1.82) is 0 Å². The molecule has 0 bridgehead atoms. The third-order valence-corrected chi connectivity index (χ3v) is 6.46. The molecule has 1 fully saturated rings. The highest BCUT2D eigenvalue weighted by molar-refractivity contribution is 7.58.